The third-order valence-electron chi connectivity index (χ3n) is 3.26. The molecule has 1 aromatic heterocycles. The smallest absolute Gasteiger partial charge is 0.291 e. The van der Waals surface area contributed by atoms with Gasteiger partial charge in [-0.15, -0.1) is 0 Å². The Labute approximate surface area is 134 Å². The Bertz CT molecular complexity index is 706. The standard InChI is InChI=1S/C17H20N2O4/c1-4-18-16(20)12-6-5-11(2)14(9-12)19-17(21)15-8-7-13(23-15)10-22-3/h5-9H,4,10H2,1-3H3,(H,18,20)(H,19,21). The van der Waals surface area contributed by atoms with E-state index in [1.54, 1.807) is 37.4 Å². The molecule has 0 aliphatic carbocycles. The molecule has 23 heavy (non-hydrogen) atoms. The molecule has 0 unspecified atom stereocenters. The van der Waals surface area contributed by atoms with Crippen molar-refractivity contribution >= 4 is 17.5 Å². The molecular weight excluding hydrogens is 296 g/mol. The second-order valence-electron chi connectivity index (χ2n) is 5.04. The van der Waals surface area contributed by atoms with E-state index < -0.39 is 0 Å². The van der Waals surface area contributed by atoms with Gasteiger partial charge in [0, 0.05) is 24.9 Å². The van der Waals surface area contributed by atoms with E-state index in [4.69, 9.17) is 9.15 Å². The van der Waals surface area contributed by atoms with Gasteiger partial charge in [0.15, 0.2) is 5.76 Å². The number of amides is 2. The Morgan fingerprint density at radius 2 is 1.96 bits per heavy atom. The number of benzene rings is 1. The summed E-state index contributed by atoms with van der Waals surface area (Å²) in [6.07, 6.45) is 0. The summed E-state index contributed by atoms with van der Waals surface area (Å²) in [7, 11) is 1.55. The van der Waals surface area contributed by atoms with Crippen LogP contribution in [0.1, 0.15) is 39.2 Å². The molecule has 6 heteroatoms. The average molecular weight is 316 g/mol. The summed E-state index contributed by atoms with van der Waals surface area (Å²) in [5.74, 6) is 0.220. The lowest BCUT2D eigenvalue weighted by atomic mass is 10.1. The molecule has 122 valence electrons. The molecule has 0 atom stereocenters. The quantitative estimate of drug-likeness (QED) is 0.858. The molecule has 0 aliphatic heterocycles. The second kappa shape index (κ2) is 7.60. The number of carbonyl (C=O) groups excluding carboxylic acids is 2. The second-order valence-corrected chi connectivity index (χ2v) is 5.04. The normalized spacial score (nSPS) is 10.4. The highest BCUT2D eigenvalue weighted by atomic mass is 16.5. The number of furan rings is 1. The van der Waals surface area contributed by atoms with Gasteiger partial charge in [0.2, 0.25) is 0 Å². The van der Waals surface area contributed by atoms with Crippen molar-refractivity contribution < 1.29 is 18.7 Å². The minimum atomic E-state index is -0.372. The fourth-order valence-corrected chi connectivity index (χ4v) is 2.06. The Hall–Kier alpha value is -2.60. The van der Waals surface area contributed by atoms with Crippen molar-refractivity contribution in [2.75, 3.05) is 19.0 Å². The third kappa shape index (κ3) is 4.20. The van der Waals surface area contributed by atoms with Crippen LogP contribution < -0.4 is 10.6 Å². The van der Waals surface area contributed by atoms with E-state index in [0.29, 0.717) is 30.2 Å². The van der Waals surface area contributed by atoms with E-state index in [2.05, 4.69) is 10.6 Å². The molecule has 0 spiro atoms. The van der Waals surface area contributed by atoms with Gasteiger partial charge in [-0.25, -0.2) is 0 Å². The van der Waals surface area contributed by atoms with Crippen LogP contribution in [0.2, 0.25) is 0 Å². The van der Waals surface area contributed by atoms with Crippen molar-refractivity contribution in [2.45, 2.75) is 20.5 Å². The Kier molecular flexibility index (Phi) is 5.54. The number of ether oxygens (including phenoxy) is 1. The van der Waals surface area contributed by atoms with Crippen LogP contribution in [-0.4, -0.2) is 25.5 Å². The van der Waals surface area contributed by atoms with E-state index in [1.807, 2.05) is 13.8 Å². The molecule has 2 aromatic rings. The number of nitrogens with one attached hydrogen (secondary N) is 2. The predicted molar refractivity (Wildman–Crippen MR) is 86.6 cm³/mol. The monoisotopic (exact) mass is 316 g/mol. The Morgan fingerprint density at radius 3 is 2.65 bits per heavy atom. The largest absolute Gasteiger partial charge is 0.453 e. The van der Waals surface area contributed by atoms with Crippen LogP contribution in [0.25, 0.3) is 0 Å². The number of anilines is 1. The van der Waals surface area contributed by atoms with Gasteiger partial charge in [-0.05, 0) is 43.7 Å². The summed E-state index contributed by atoms with van der Waals surface area (Å²) in [5.41, 5.74) is 1.92. The molecule has 2 N–H and O–H groups in total. The molecule has 6 nitrogen and oxygen atoms in total. The molecule has 1 aromatic carbocycles. The van der Waals surface area contributed by atoms with Crippen molar-refractivity contribution in [3.63, 3.8) is 0 Å². The molecule has 0 aliphatic rings. The van der Waals surface area contributed by atoms with Gasteiger partial charge in [0.25, 0.3) is 11.8 Å². The molecular formula is C17H20N2O4. The first-order valence-corrected chi connectivity index (χ1v) is 7.33. The van der Waals surface area contributed by atoms with Crippen LogP contribution in [0.3, 0.4) is 0 Å². The lowest BCUT2D eigenvalue weighted by molar-refractivity contribution is 0.0953. The van der Waals surface area contributed by atoms with Crippen molar-refractivity contribution in [3.8, 4) is 0 Å². The molecule has 2 amide bonds. The number of methoxy groups -OCH3 is 1. The summed E-state index contributed by atoms with van der Waals surface area (Å²) in [6.45, 7) is 4.56. The molecule has 0 radical (unpaired) electrons. The highest BCUT2D eigenvalue weighted by Gasteiger charge is 2.14. The fraction of sp³-hybridized carbons (Fsp3) is 0.294. The minimum Gasteiger partial charge on any atom is -0.453 e. The topological polar surface area (TPSA) is 80.6 Å². The van der Waals surface area contributed by atoms with Crippen LogP contribution in [0.5, 0.6) is 0 Å². The highest BCUT2D eigenvalue weighted by Crippen LogP contribution is 2.19. The minimum absolute atomic E-state index is 0.177. The van der Waals surface area contributed by atoms with E-state index in [1.165, 1.54) is 0 Å². The van der Waals surface area contributed by atoms with Crippen molar-refractivity contribution in [1.29, 1.82) is 0 Å². The van der Waals surface area contributed by atoms with Crippen molar-refractivity contribution in [2.24, 2.45) is 0 Å². The number of hydrogen-bond donors (Lipinski definition) is 2. The van der Waals surface area contributed by atoms with E-state index >= 15 is 0 Å². The van der Waals surface area contributed by atoms with Crippen molar-refractivity contribution in [3.05, 3.63) is 53.0 Å². The first kappa shape index (κ1) is 16.8. The average Bonchev–Trinajstić information content (AvgIpc) is 2.99. The summed E-state index contributed by atoms with van der Waals surface area (Å²) in [4.78, 5) is 24.1. The maximum Gasteiger partial charge on any atom is 0.291 e. The number of carbonyl (C=O) groups is 2. The van der Waals surface area contributed by atoms with E-state index in [0.717, 1.165) is 5.56 Å². The zero-order valence-corrected chi connectivity index (χ0v) is 13.4. The SMILES string of the molecule is CCNC(=O)c1ccc(C)c(NC(=O)c2ccc(COC)o2)c1. The summed E-state index contributed by atoms with van der Waals surface area (Å²) in [5, 5.41) is 5.49. The van der Waals surface area contributed by atoms with Crippen LogP contribution in [-0.2, 0) is 11.3 Å². The van der Waals surface area contributed by atoms with Gasteiger partial charge < -0.3 is 19.8 Å². The van der Waals surface area contributed by atoms with Gasteiger partial charge in [-0.2, -0.15) is 0 Å². The maximum absolute atomic E-state index is 12.2. The Morgan fingerprint density at radius 1 is 1.17 bits per heavy atom. The van der Waals surface area contributed by atoms with E-state index in [-0.39, 0.29) is 17.6 Å². The van der Waals surface area contributed by atoms with Gasteiger partial charge in [-0.1, -0.05) is 6.07 Å². The Balaban J connectivity index is 2.16. The maximum atomic E-state index is 12.2. The zero-order valence-electron chi connectivity index (χ0n) is 13.4. The molecule has 0 fully saturated rings. The number of hydrogen-bond acceptors (Lipinski definition) is 4. The summed E-state index contributed by atoms with van der Waals surface area (Å²) >= 11 is 0. The summed E-state index contributed by atoms with van der Waals surface area (Å²) in [6, 6.07) is 8.44. The first-order chi connectivity index (χ1) is 11.0. The zero-order chi connectivity index (χ0) is 16.8. The van der Waals surface area contributed by atoms with Gasteiger partial charge >= 0.3 is 0 Å². The van der Waals surface area contributed by atoms with Gasteiger partial charge in [-0.3, -0.25) is 9.59 Å². The number of rotatable bonds is 6. The van der Waals surface area contributed by atoms with Crippen LogP contribution >= 0.6 is 0 Å². The number of aryl methyl sites for hydroxylation is 1. The van der Waals surface area contributed by atoms with Crippen LogP contribution in [0.4, 0.5) is 5.69 Å². The molecule has 0 saturated heterocycles. The fourth-order valence-electron chi connectivity index (χ4n) is 2.06. The predicted octanol–water partition coefficient (Wildman–Crippen LogP) is 2.74. The van der Waals surface area contributed by atoms with Crippen molar-refractivity contribution in [1.82, 2.24) is 5.32 Å². The van der Waals surface area contributed by atoms with E-state index in [9.17, 15) is 9.59 Å². The molecule has 0 bridgehead atoms. The first-order valence-electron chi connectivity index (χ1n) is 7.33. The highest BCUT2D eigenvalue weighted by molar-refractivity contribution is 6.04. The van der Waals surface area contributed by atoms with Gasteiger partial charge in [0.1, 0.15) is 12.4 Å². The molecule has 2 rings (SSSR count). The van der Waals surface area contributed by atoms with Gasteiger partial charge in [0.05, 0.1) is 0 Å². The third-order valence-corrected chi connectivity index (χ3v) is 3.26. The molecule has 0 saturated carbocycles. The lowest BCUT2D eigenvalue weighted by Gasteiger charge is -2.10. The lowest BCUT2D eigenvalue weighted by Crippen LogP contribution is -2.23. The van der Waals surface area contributed by atoms with Crippen LogP contribution in [0, 0.1) is 6.92 Å². The molecule has 1 heterocycles. The van der Waals surface area contributed by atoms with Crippen LogP contribution in [0.15, 0.2) is 34.7 Å². The summed E-state index contributed by atoms with van der Waals surface area (Å²) < 4.78 is 10.4.